The standard InChI is InChI=1S/C15H19F3N4O2.C2HF3O2/c1-20-5-10-7-22(8-11(10)6-20)14(24)19-12-3-2-4-21(13(12)23)9-15(16,17)18;3-2(4,5)1(6)7/h2-4,10-11H,5-9H2,1H3,(H,19,24);(H,6,7)/t10-,11+;. The van der Waals surface area contributed by atoms with Crippen molar-refractivity contribution in [3.63, 3.8) is 0 Å². The number of amides is 2. The largest absolute Gasteiger partial charge is 0.490 e. The molecule has 2 amide bonds. The summed E-state index contributed by atoms with van der Waals surface area (Å²) in [4.78, 5) is 37.1. The second-order valence-corrected chi connectivity index (χ2v) is 7.35. The lowest BCUT2D eigenvalue weighted by Crippen LogP contribution is -2.38. The normalized spacial score (nSPS) is 21.3. The van der Waals surface area contributed by atoms with E-state index in [1.54, 1.807) is 4.90 Å². The summed E-state index contributed by atoms with van der Waals surface area (Å²) in [6, 6.07) is 2.20. The lowest BCUT2D eigenvalue weighted by atomic mass is 10.0. The number of alkyl halides is 6. The van der Waals surface area contributed by atoms with Crippen molar-refractivity contribution in [2.24, 2.45) is 11.8 Å². The minimum atomic E-state index is -5.08. The zero-order valence-corrected chi connectivity index (χ0v) is 16.2. The van der Waals surface area contributed by atoms with Crippen LogP contribution in [0.4, 0.5) is 36.8 Å². The molecule has 2 N–H and O–H groups in total. The van der Waals surface area contributed by atoms with E-state index in [0.717, 1.165) is 19.3 Å². The maximum Gasteiger partial charge on any atom is 0.490 e. The van der Waals surface area contributed by atoms with Crippen LogP contribution in [0, 0.1) is 11.8 Å². The number of nitrogens with zero attached hydrogens (tertiary/aromatic N) is 3. The molecule has 0 bridgehead atoms. The van der Waals surface area contributed by atoms with Crippen molar-refractivity contribution in [2.75, 3.05) is 38.5 Å². The van der Waals surface area contributed by atoms with Gasteiger partial charge >= 0.3 is 24.4 Å². The van der Waals surface area contributed by atoms with Gasteiger partial charge in [0.1, 0.15) is 12.2 Å². The summed E-state index contributed by atoms with van der Waals surface area (Å²) in [6.07, 6.45) is -8.52. The number of hydrogen-bond donors (Lipinski definition) is 2. The number of carboxylic acid groups (broad SMARTS) is 1. The summed E-state index contributed by atoms with van der Waals surface area (Å²) in [5, 5.41) is 9.58. The Morgan fingerprint density at radius 1 is 1.10 bits per heavy atom. The number of carbonyl (C=O) groups excluding carboxylic acids is 1. The van der Waals surface area contributed by atoms with Crippen LogP contribution in [0.3, 0.4) is 0 Å². The van der Waals surface area contributed by atoms with Gasteiger partial charge in [0.2, 0.25) is 0 Å². The highest BCUT2D eigenvalue weighted by atomic mass is 19.4. The number of fused-ring (bicyclic) bond motifs is 1. The summed E-state index contributed by atoms with van der Waals surface area (Å²) >= 11 is 0. The van der Waals surface area contributed by atoms with E-state index in [2.05, 4.69) is 10.2 Å². The van der Waals surface area contributed by atoms with Crippen molar-refractivity contribution >= 4 is 17.7 Å². The molecule has 0 saturated carbocycles. The number of urea groups is 1. The number of pyridine rings is 1. The Bertz CT molecular complexity index is 855. The van der Waals surface area contributed by atoms with Crippen LogP contribution in [0.25, 0.3) is 0 Å². The number of nitrogens with one attached hydrogen (secondary N) is 1. The minimum absolute atomic E-state index is 0.138. The molecule has 174 valence electrons. The van der Waals surface area contributed by atoms with Gasteiger partial charge in [0.15, 0.2) is 0 Å². The van der Waals surface area contributed by atoms with E-state index < -0.39 is 36.5 Å². The number of carboxylic acids is 1. The number of carbonyl (C=O) groups is 2. The molecule has 0 radical (unpaired) electrons. The second kappa shape index (κ2) is 9.16. The Kier molecular flexibility index (Phi) is 7.24. The first-order chi connectivity index (χ1) is 14.2. The SMILES string of the molecule is CN1C[C@@H]2CN(C(=O)Nc3cccn(CC(F)(F)F)c3=O)C[C@@H]2C1.O=C(O)C(F)(F)F. The molecular formula is C17H20F6N4O4. The van der Waals surface area contributed by atoms with Crippen LogP contribution in [0.5, 0.6) is 0 Å². The van der Waals surface area contributed by atoms with Crippen molar-refractivity contribution in [3.8, 4) is 0 Å². The van der Waals surface area contributed by atoms with Crippen LogP contribution in [-0.4, -0.2) is 77.1 Å². The zero-order chi connectivity index (χ0) is 23.6. The number of halogens is 6. The van der Waals surface area contributed by atoms with Gasteiger partial charge in [-0.15, -0.1) is 0 Å². The van der Waals surface area contributed by atoms with Crippen LogP contribution in [0.1, 0.15) is 0 Å². The first-order valence-electron chi connectivity index (χ1n) is 8.98. The molecule has 0 aliphatic carbocycles. The Morgan fingerprint density at radius 3 is 2.06 bits per heavy atom. The van der Waals surface area contributed by atoms with Gasteiger partial charge in [-0.3, -0.25) is 4.79 Å². The van der Waals surface area contributed by atoms with E-state index in [1.165, 1.54) is 12.1 Å². The molecule has 2 aliphatic heterocycles. The van der Waals surface area contributed by atoms with Crippen molar-refractivity contribution < 1.29 is 41.0 Å². The zero-order valence-electron chi connectivity index (χ0n) is 16.2. The maximum absolute atomic E-state index is 12.5. The summed E-state index contributed by atoms with van der Waals surface area (Å²) in [5.74, 6) is -1.93. The highest BCUT2D eigenvalue weighted by molar-refractivity contribution is 5.89. The Labute approximate surface area is 172 Å². The molecule has 2 fully saturated rings. The summed E-state index contributed by atoms with van der Waals surface area (Å²) in [6.45, 7) is 1.68. The predicted molar refractivity (Wildman–Crippen MR) is 95.5 cm³/mol. The Morgan fingerprint density at radius 2 is 1.61 bits per heavy atom. The first kappa shape index (κ1) is 24.5. The third kappa shape index (κ3) is 6.87. The fourth-order valence-corrected chi connectivity index (χ4v) is 3.54. The number of hydrogen-bond acceptors (Lipinski definition) is 4. The van der Waals surface area contributed by atoms with Gasteiger partial charge in [-0.2, -0.15) is 26.3 Å². The van der Waals surface area contributed by atoms with Crippen LogP contribution < -0.4 is 10.9 Å². The highest BCUT2D eigenvalue weighted by Gasteiger charge is 2.40. The van der Waals surface area contributed by atoms with Gasteiger partial charge in [-0.25, -0.2) is 9.59 Å². The maximum atomic E-state index is 12.5. The number of anilines is 1. The lowest BCUT2D eigenvalue weighted by Gasteiger charge is -2.20. The molecule has 0 aromatic carbocycles. The van der Waals surface area contributed by atoms with E-state index in [9.17, 15) is 35.9 Å². The minimum Gasteiger partial charge on any atom is -0.475 e. The highest BCUT2D eigenvalue weighted by Crippen LogP contribution is 2.30. The number of aliphatic carboxylic acids is 1. The quantitative estimate of drug-likeness (QED) is 0.662. The number of aromatic nitrogens is 1. The Balaban J connectivity index is 0.000000423. The van der Waals surface area contributed by atoms with Gasteiger partial charge in [0.05, 0.1) is 0 Å². The Hall–Kier alpha value is -2.77. The summed E-state index contributed by atoms with van der Waals surface area (Å²) in [7, 11) is 2.04. The fourth-order valence-electron chi connectivity index (χ4n) is 3.54. The number of likely N-dealkylation sites (tertiary alicyclic amines) is 2. The van der Waals surface area contributed by atoms with Gasteiger partial charge in [0.25, 0.3) is 5.56 Å². The van der Waals surface area contributed by atoms with E-state index in [0.29, 0.717) is 29.5 Å². The van der Waals surface area contributed by atoms with E-state index >= 15 is 0 Å². The monoisotopic (exact) mass is 458 g/mol. The van der Waals surface area contributed by atoms with Crippen LogP contribution in [0.2, 0.25) is 0 Å². The van der Waals surface area contributed by atoms with Crippen molar-refractivity contribution in [2.45, 2.75) is 18.9 Å². The molecule has 3 rings (SSSR count). The molecule has 31 heavy (non-hydrogen) atoms. The molecule has 3 heterocycles. The van der Waals surface area contributed by atoms with Crippen molar-refractivity contribution in [3.05, 3.63) is 28.7 Å². The van der Waals surface area contributed by atoms with Gasteiger partial charge in [-0.05, 0) is 31.0 Å². The molecule has 2 atom stereocenters. The average Bonchev–Trinajstić information content (AvgIpc) is 3.14. The first-order valence-corrected chi connectivity index (χ1v) is 8.98. The van der Waals surface area contributed by atoms with E-state index in [1.807, 2.05) is 7.05 Å². The molecule has 2 aliphatic rings. The molecular weight excluding hydrogens is 438 g/mol. The molecule has 0 unspecified atom stereocenters. The van der Waals surface area contributed by atoms with E-state index in [-0.39, 0.29) is 5.69 Å². The predicted octanol–water partition coefficient (Wildman–Crippen LogP) is 2.07. The average molecular weight is 458 g/mol. The van der Waals surface area contributed by atoms with Gasteiger partial charge in [-0.1, -0.05) is 0 Å². The number of rotatable bonds is 2. The van der Waals surface area contributed by atoms with Gasteiger partial charge in [0, 0.05) is 32.4 Å². The fraction of sp³-hybridized carbons (Fsp3) is 0.588. The molecule has 1 aromatic heterocycles. The summed E-state index contributed by atoms with van der Waals surface area (Å²) < 4.78 is 69.7. The van der Waals surface area contributed by atoms with Crippen LogP contribution in [-0.2, 0) is 11.3 Å². The third-order valence-electron chi connectivity index (χ3n) is 4.81. The molecule has 8 nitrogen and oxygen atoms in total. The molecule has 1 aromatic rings. The van der Waals surface area contributed by atoms with Crippen LogP contribution in [0.15, 0.2) is 23.1 Å². The topological polar surface area (TPSA) is 94.9 Å². The second-order valence-electron chi connectivity index (χ2n) is 7.35. The van der Waals surface area contributed by atoms with Crippen LogP contribution >= 0.6 is 0 Å². The molecule has 14 heteroatoms. The molecule has 2 saturated heterocycles. The smallest absolute Gasteiger partial charge is 0.475 e. The van der Waals surface area contributed by atoms with Crippen molar-refractivity contribution in [1.29, 1.82) is 0 Å². The third-order valence-corrected chi connectivity index (χ3v) is 4.81. The summed E-state index contributed by atoms with van der Waals surface area (Å²) in [5.41, 5.74) is -0.997. The van der Waals surface area contributed by atoms with E-state index in [4.69, 9.17) is 9.90 Å². The van der Waals surface area contributed by atoms with Gasteiger partial charge < -0.3 is 24.8 Å². The lowest BCUT2D eigenvalue weighted by molar-refractivity contribution is -0.192. The van der Waals surface area contributed by atoms with Crippen molar-refractivity contribution in [1.82, 2.24) is 14.4 Å². The molecule has 0 spiro atoms.